The molecule has 1 heterocycles. The van der Waals surface area contributed by atoms with Crippen molar-refractivity contribution in [1.29, 1.82) is 0 Å². The number of benzene rings is 3. The normalized spacial score (nSPS) is 15.8. The molecule has 14 heteroatoms. The number of nitrogens with zero attached hydrogens (tertiary/aromatic N) is 1. The van der Waals surface area contributed by atoms with Crippen LogP contribution in [0.15, 0.2) is 77.7 Å². The molecule has 1 fully saturated rings. The highest BCUT2D eigenvalue weighted by Gasteiger charge is 2.52. The molecule has 1 saturated heterocycles. The second-order valence-corrected chi connectivity index (χ2v) is 12.7. The lowest BCUT2D eigenvalue weighted by Crippen LogP contribution is -2.64. The Bertz CT molecular complexity index is 1660. The molecule has 240 valence electrons. The Labute approximate surface area is 258 Å². The minimum atomic E-state index is -4.15. The quantitative estimate of drug-likeness (QED) is 0.218. The van der Waals surface area contributed by atoms with Crippen LogP contribution in [0.3, 0.4) is 0 Å². The standard InChI is InChI=1S/C31H32F2N2O9S/c1-19(2)29(38)42-20(3)43-30(39)34-26(28(36)37)16-21-7-6-8-24(15-21)45(40,41)35-17-31(18-35,22-11-13-23(32)14-12-22)44-27-10-5-4-9-25(27)33/h4-15,19-20,26H,16-18H2,1-3H3,(H,34,39)(H,36,37). The van der Waals surface area contributed by atoms with Crippen LogP contribution >= 0.6 is 0 Å². The van der Waals surface area contributed by atoms with E-state index in [0.717, 1.165) is 4.31 Å². The summed E-state index contributed by atoms with van der Waals surface area (Å²) in [5.41, 5.74) is -0.584. The van der Waals surface area contributed by atoms with Crippen LogP contribution in [0.1, 0.15) is 31.9 Å². The Morgan fingerprint density at radius 1 is 0.956 bits per heavy atom. The van der Waals surface area contributed by atoms with Gasteiger partial charge in [-0.25, -0.2) is 26.8 Å². The van der Waals surface area contributed by atoms with Crippen molar-refractivity contribution < 1.29 is 50.9 Å². The predicted octanol–water partition coefficient (Wildman–Crippen LogP) is 4.21. The van der Waals surface area contributed by atoms with Crippen LogP contribution in [0, 0.1) is 17.6 Å². The van der Waals surface area contributed by atoms with E-state index >= 15 is 0 Å². The highest BCUT2D eigenvalue weighted by Crippen LogP contribution is 2.40. The molecule has 3 aromatic rings. The molecule has 0 spiro atoms. The predicted molar refractivity (Wildman–Crippen MR) is 155 cm³/mol. The molecule has 4 rings (SSSR count). The molecule has 2 unspecified atom stereocenters. The maximum atomic E-state index is 14.5. The van der Waals surface area contributed by atoms with E-state index in [1.807, 2.05) is 0 Å². The van der Waals surface area contributed by atoms with Gasteiger partial charge in [-0.1, -0.05) is 50.2 Å². The molecular formula is C31H32F2N2O9S. The molecule has 1 amide bonds. The van der Waals surface area contributed by atoms with Crippen LogP contribution in [0.5, 0.6) is 5.75 Å². The maximum Gasteiger partial charge on any atom is 0.410 e. The van der Waals surface area contributed by atoms with Crippen LogP contribution in [0.4, 0.5) is 13.6 Å². The van der Waals surface area contributed by atoms with E-state index in [-0.39, 0.29) is 35.7 Å². The molecule has 0 radical (unpaired) electrons. The SMILES string of the molecule is CC(OC(=O)NC(Cc1cccc(S(=O)(=O)N2CC(Oc3ccccc3F)(c3ccc(F)cc3)C2)c1)C(=O)O)OC(=O)C(C)C. The van der Waals surface area contributed by atoms with Gasteiger partial charge in [-0.2, -0.15) is 4.31 Å². The van der Waals surface area contributed by atoms with Crippen molar-refractivity contribution >= 4 is 28.1 Å². The minimum absolute atomic E-state index is 0.0981. The highest BCUT2D eigenvalue weighted by molar-refractivity contribution is 7.89. The van der Waals surface area contributed by atoms with Crippen LogP contribution in [0.2, 0.25) is 0 Å². The number of amides is 1. The number of para-hydroxylation sites is 1. The van der Waals surface area contributed by atoms with Gasteiger partial charge in [0.2, 0.25) is 16.3 Å². The Morgan fingerprint density at radius 2 is 1.62 bits per heavy atom. The fourth-order valence-electron chi connectivity index (χ4n) is 4.56. The number of hydrogen-bond acceptors (Lipinski definition) is 8. The molecule has 45 heavy (non-hydrogen) atoms. The van der Waals surface area contributed by atoms with Gasteiger partial charge in [0.1, 0.15) is 11.9 Å². The molecular weight excluding hydrogens is 614 g/mol. The van der Waals surface area contributed by atoms with Gasteiger partial charge in [-0.3, -0.25) is 4.79 Å². The maximum absolute atomic E-state index is 14.5. The molecule has 11 nitrogen and oxygen atoms in total. The van der Waals surface area contributed by atoms with Crippen molar-refractivity contribution in [2.75, 3.05) is 13.1 Å². The molecule has 0 aliphatic carbocycles. The van der Waals surface area contributed by atoms with Gasteiger partial charge in [-0.15, -0.1) is 0 Å². The number of halogens is 2. The van der Waals surface area contributed by atoms with Crippen LogP contribution in [-0.4, -0.2) is 61.3 Å². The number of alkyl carbamates (subject to hydrolysis) is 1. The second kappa shape index (κ2) is 13.6. The lowest BCUT2D eigenvalue weighted by molar-refractivity contribution is -0.169. The first-order chi connectivity index (χ1) is 21.2. The summed E-state index contributed by atoms with van der Waals surface area (Å²) in [6, 6.07) is 15.0. The molecule has 1 aliphatic rings. The van der Waals surface area contributed by atoms with E-state index < -0.39 is 63.5 Å². The Hall–Kier alpha value is -4.56. The third-order valence-electron chi connectivity index (χ3n) is 6.97. The first-order valence-electron chi connectivity index (χ1n) is 13.9. The summed E-state index contributed by atoms with van der Waals surface area (Å²) >= 11 is 0. The molecule has 2 N–H and O–H groups in total. The summed E-state index contributed by atoms with van der Waals surface area (Å²) in [5, 5.41) is 11.9. The zero-order valence-electron chi connectivity index (χ0n) is 24.6. The van der Waals surface area contributed by atoms with Gasteiger partial charge >= 0.3 is 18.0 Å². The number of carboxylic acid groups (broad SMARTS) is 1. The Balaban J connectivity index is 1.48. The van der Waals surface area contributed by atoms with Crippen molar-refractivity contribution in [2.24, 2.45) is 5.92 Å². The van der Waals surface area contributed by atoms with Crippen LogP contribution < -0.4 is 10.1 Å². The number of esters is 1. The minimum Gasteiger partial charge on any atom is -0.480 e. The van der Waals surface area contributed by atoms with Gasteiger partial charge in [0.25, 0.3) is 0 Å². The van der Waals surface area contributed by atoms with E-state index in [1.54, 1.807) is 19.9 Å². The highest BCUT2D eigenvalue weighted by atomic mass is 32.2. The largest absolute Gasteiger partial charge is 0.480 e. The number of carbonyl (C=O) groups excluding carboxylic acids is 2. The third-order valence-corrected chi connectivity index (χ3v) is 8.76. The van der Waals surface area contributed by atoms with Gasteiger partial charge in [-0.05, 0) is 47.5 Å². The molecule has 1 aliphatic heterocycles. The van der Waals surface area contributed by atoms with Crippen molar-refractivity contribution in [1.82, 2.24) is 9.62 Å². The molecule has 0 saturated carbocycles. The number of aliphatic carboxylic acids is 1. The van der Waals surface area contributed by atoms with E-state index in [1.165, 1.54) is 73.7 Å². The summed E-state index contributed by atoms with van der Waals surface area (Å²) in [6.07, 6.45) is -2.73. The number of sulfonamides is 1. The average molecular weight is 647 g/mol. The van der Waals surface area contributed by atoms with Crippen molar-refractivity contribution in [3.05, 3.63) is 95.6 Å². The van der Waals surface area contributed by atoms with E-state index in [0.29, 0.717) is 5.56 Å². The van der Waals surface area contributed by atoms with Crippen LogP contribution in [-0.2, 0) is 41.1 Å². The number of carbonyl (C=O) groups is 3. The molecule has 2 atom stereocenters. The lowest BCUT2D eigenvalue weighted by Gasteiger charge is -2.48. The zero-order valence-corrected chi connectivity index (χ0v) is 25.4. The topological polar surface area (TPSA) is 149 Å². The van der Waals surface area contributed by atoms with Crippen LogP contribution in [0.25, 0.3) is 0 Å². The Morgan fingerprint density at radius 3 is 2.24 bits per heavy atom. The summed E-state index contributed by atoms with van der Waals surface area (Å²) < 4.78 is 72.3. The molecule has 0 bridgehead atoms. The fourth-order valence-corrected chi connectivity index (χ4v) is 6.17. The van der Waals surface area contributed by atoms with E-state index in [2.05, 4.69) is 5.32 Å². The fraction of sp³-hybridized carbons (Fsp3) is 0.323. The van der Waals surface area contributed by atoms with E-state index in [9.17, 15) is 36.7 Å². The van der Waals surface area contributed by atoms with E-state index in [4.69, 9.17) is 14.2 Å². The van der Waals surface area contributed by atoms with Gasteiger partial charge in [0.15, 0.2) is 17.2 Å². The van der Waals surface area contributed by atoms with Gasteiger partial charge in [0, 0.05) is 13.3 Å². The van der Waals surface area contributed by atoms with Crippen molar-refractivity contribution in [3.8, 4) is 5.75 Å². The summed E-state index contributed by atoms with van der Waals surface area (Å²) in [7, 11) is -4.15. The second-order valence-electron chi connectivity index (χ2n) is 10.8. The summed E-state index contributed by atoms with van der Waals surface area (Å²) in [4.78, 5) is 35.7. The first-order valence-corrected chi connectivity index (χ1v) is 15.3. The number of carboxylic acids is 1. The third kappa shape index (κ3) is 7.94. The summed E-state index contributed by atoms with van der Waals surface area (Å²) in [5.74, 6) is -3.75. The van der Waals surface area contributed by atoms with Crippen molar-refractivity contribution in [3.63, 3.8) is 0 Å². The average Bonchev–Trinajstić information content (AvgIpc) is 2.95. The van der Waals surface area contributed by atoms with Gasteiger partial charge in [0.05, 0.1) is 23.9 Å². The van der Waals surface area contributed by atoms with Crippen molar-refractivity contribution in [2.45, 2.75) is 50.0 Å². The molecule has 0 aromatic heterocycles. The Kier molecular flexibility index (Phi) is 10.1. The number of nitrogens with one attached hydrogen (secondary N) is 1. The summed E-state index contributed by atoms with van der Waals surface area (Å²) in [6.45, 7) is 4.04. The number of ether oxygens (including phenoxy) is 3. The van der Waals surface area contributed by atoms with Gasteiger partial charge < -0.3 is 24.6 Å². The lowest BCUT2D eigenvalue weighted by atomic mass is 9.87. The number of hydrogen-bond donors (Lipinski definition) is 2. The number of rotatable bonds is 12. The smallest absolute Gasteiger partial charge is 0.410 e. The first kappa shape index (κ1) is 33.3. The molecule has 3 aromatic carbocycles. The zero-order chi connectivity index (χ0) is 32.9. The monoisotopic (exact) mass is 646 g/mol.